The fraction of sp³-hybridized carbons (Fsp3) is 0.333. The standard InChI is InChI=1S/C15H19N3O3/c1-4-12-11(9-18(2)17-12)8-16-13-7-10(15(19)20)5-6-14(13)21-3/h5-7,9,16H,4,8H2,1-3H3,(H,19,20). The molecule has 0 aliphatic heterocycles. The number of hydrogen-bond donors (Lipinski definition) is 2. The molecule has 0 amide bonds. The van der Waals surface area contributed by atoms with E-state index in [1.165, 1.54) is 6.07 Å². The molecule has 0 unspecified atom stereocenters. The molecule has 0 radical (unpaired) electrons. The molecule has 0 saturated heterocycles. The molecule has 0 aliphatic carbocycles. The lowest BCUT2D eigenvalue weighted by molar-refractivity contribution is 0.0697. The Kier molecular flexibility index (Phi) is 4.47. The maximum atomic E-state index is 11.0. The third-order valence-corrected chi connectivity index (χ3v) is 3.24. The second-order valence-corrected chi connectivity index (χ2v) is 4.70. The van der Waals surface area contributed by atoms with Crippen LogP contribution in [-0.4, -0.2) is 28.0 Å². The number of benzene rings is 1. The summed E-state index contributed by atoms with van der Waals surface area (Å²) in [5.41, 5.74) is 2.99. The van der Waals surface area contributed by atoms with Crippen molar-refractivity contribution in [3.05, 3.63) is 41.2 Å². The molecule has 0 aliphatic rings. The number of anilines is 1. The number of methoxy groups -OCH3 is 1. The molecule has 0 atom stereocenters. The molecule has 0 spiro atoms. The summed E-state index contributed by atoms with van der Waals surface area (Å²) in [4.78, 5) is 11.0. The lowest BCUT2D eigenvalue weighted by Crippen LogP contribution is -2.05. The Morgan fingerprint density at radius 3 is 2.86 bits per heavy atom. The van der Waals surface area contributed by atoms with Crippen LogP contribution in [0.25, 0.3) is 0 Å². The second kappa shape index (κ2) is 6.30. The number of aromatic carboxylic acids is 1. The summed E-state index contributed by atoms with van der Waals surface area (Å²) in [6.45, 7) is 2.62. The molecule has 0 saturated carbocycles. The van der Waals surface area contributed by atoms with E-state index in [-0.39, 0.29) is 5.56 Å². The maximum absolute atomic E-state index is 11.0. The van der Waals surface area contributed by atoms with Crippen molar-refractivity contribution in [3.63, 3.8) is 0 Å². The van der Waals surface area contributed by atoms with Gasteiger partial charge in [-0.05, 0) is 24.6 Å². The molecule has 0 fully saturated rings. The number of nitrogens with zero attached hydrogens (tertiary/aromatic N) is 2. The normalized spacial score (nSPS) is 10.4. The zero-order chi connectivity index (χ0) is 15.4. The monoisotopic (exact) mass is 289 g/mol. The van der Waals surface area contributed by atoms with E-state index in [0.29, 0.717) is 18.0 Å². The first kappa shape index (κ1) is 14.9. The molecule has 21 heavy (non-hydrogen) atoms. The second-order valence-electron chi connectivity index (χ2n) is 4.70. The summed E-state index contributed by atoms with van der Waals surface area (Å²) in [5.74, 6) is -0.349. The minimum absolute atomic E-state index is 0.222. The summed E-state index contributed by atoms with van der Waals surface area (Å²) >= 11 is 0. The van der Waals surface area contributed by atoms with Crippen LogP contribution in [0.5, 0.6) is 5.75 Å². The molecule has 6 heteroatoms. The number of ether oxygens (including phenoxy) is 1. The van der Waals surface area contributed by atoms with E-state index in [9.17, 15) is 4.79 Å². The molecule has 1 aromatic heterocycles. The van der Waals surface area contributed by atoms with Crippen molar-refractivity contribution in [1.29, 1.82) is 0 Å². The molecule has 1 heterocycles. The smallest absolute Gasteiger partial charge is 0.335 e. The lowest BCUT2D eigenvalue weighted by Gasteiger charge is -2.11. The number of carboxylic acids is 1. The largest absolute Gasteiger partial charge is 0.495 e. The highest BCUT2D eigenvalue weighted by Gasteiger charge is 2.10. The Balaban J connectivity index is 2.22. The summed E-state index contributed by atoms with van der Waals surface area (Å²) in [6.07, 6.45) is 2.81. The molecule has 6 nitrogen and oxygen atoms in total. The van der Waals surface area contributed by atoms with E-state index in [0.717, 1.165) is 17.7 Å². The van der Waals surface area contributed by atoms with Crippen LogP contribution in [0.15, 0.2) is 24.4 Å². The van der Waals surface area contributed by atoms with Crippen LogP contribution in [0.3, 0.4) is 0 Å². The quantitative estimate of drug-likeness (QED) is 0.853. The first-order chi connectivity index (χ1) is 10.0. The topological polar surface area (TPSA) is 76.4 Å². The molecule has 1 aromatic carbocycles. The number of aromatic nitrogens is 2. The van der Waals surface area contributed by atoms with Gasteiger partial charge in [-0.1, -0.05) is 6.92 Å². The predicted octanol–water partition coefficient (Wildman–Crippen LogP) is 2.30. The number of nitrogens with one attached hydrogen (secondary N) is 1. The third kappa shape index (κ3) is 3.34. The Hall–Kier alpha value is -2.50. The Labute approximate surface area is 123 Å². The zero-order valence-electron chi connectivity index (χ0n) is 12.4. The van der Waals surface area contributed by atoms with Gasteiger partial charge in [0.05, 0.1) is 24.1 Å². The molecule has 2 N–H and O–H groups in total. The number of hydrogen-bond acceptors (Lipinski definition) is 4. The van der Waals surface area contributed by atoms with E-state index in [4.69, 9.17) is 9.84 Å². The van der Waals surface area contributed by atoms with Crippen molar-refractivity contribution in [3.8, 4) is 5.75 Å². The minimum Gasteiger partial charge on any atom is -0.495 e. The average Bonchev–Trinajstić information content (AvgIpc) is 2.84. The van der Waals surface area contributed by atoms with Crippen molar-refractivity contribution in [1.82, 2.24) is 9.78 Å². The van der Waals surface area contributed by atoms with E-state index >= 15 is 0 Å². The van der Waals surface area contributed by atoms with Gasteiger partial charge in [-0.2, -0.15) is 5.10 Å². The maximum Gasteiger partial charge on any atom is 0.335 e. The zero-order valence-corrected chi connectivity index (χ0v) is 12.4. The highest BCUT2D eigenvalue weighted by atomic mass is 16.5. The molecule has 112 valence electrons. The fourth-order valence-corrected chi connectivity index (χ4v) is 2.20. The highest BCUT2D eigenvalue weighted by molar-refractivity contribution is 5.89. The van der Waals surface area contributed by atoms with Gasteiger partial charge in [-0.3, -0.25) is 4.68 Å². The van der Waals surface area contributed by atoms with Crippen molar-refractivity contribution in [2.75, 3.05) is 12.4 Å². The summed E-state index contributed by atoms with van der Waals surface area (Å²) in [5, 5.41) is 16.7. The van der Waals surface area contributed by atoms with Gasteiger partial charge in [-0.25, -0.2) is 4.79 Å². The van der Waals surface area contributed by atoms with Crippen molar-refractivity contribution >= 4 is 11.7 Å². The van der Waals surface area contributed by atoms with Gasteiger partial charge in [0.2, 0.25) is 0 Å². The first-order valence-corrected chi connectivity index (χ1v) is 6.71. The Morgan fingerprint density at radius 2 is 2.24 bits per heavy atom. The molecule has 2 rings (SSSR count). The van der Waals surface area contributed by atoms with Crippen molar-refractivity contribution in [2.45, 2.75) is 19.9 Å². The Morgan fingerprint density at radius 1 is 1.48 bits per heavy atom. The van der Waals surface area contributed by atoms with Crippen LogP contribution >= 0.6 is 0 Å². The average molecular weight is 289 g/mol. The summed E-state index contributed by atoms with van der Waals surface area (Å²) in [6, 6.07) is 4.74. The number of carbonyl (C=O) groups is 1. The predicted molar refractivity (Wildman–Crippen MR) is 79.9 cm³/mol. The third-order valence-electron chi connectivity index (χ3n) is 3.24. The first-order valence-electron chi connectivity index (χ1n) is 6.71. The summed E-state index contributed by atoms with van der Waals surface area (Å²) in [7, 11) is 3.44. The minimum atomic E-state index is -0.962. The van der Waals surface area contributed by atoms with Crippen LogP contribution in [0.1, 0.15) is 28.5 Å². The van der Waals surface area contributed by atoms with Crippen molar-refractivity contribution in [2.24, 2.45) is 7.05 Å². The van der Waals surface area contributed by atoms with Crippen LogP contribution < -0.4 is 10.1 Å². The fourth-order valence-electron chi connectivity index (χ4n) is 2.20. The molecule has 2 aromatic rings. The Bertz CT molecular complexity index is 650. The highest BCUT2D eigenvalue weighted by Crippen LogP contribution is 2.26. The van der Waals surface area contributed by atoms with Gasteiger partial charge in [-0.15, -0.1) is 0 Å². The molecule has 0 bridgehead atoms. The van der Waals surface area contributed by atoms with Gasteiger partial charge in [0, 0.05) is 25.4 Å². The SMILES string of the molecule is CCc1nn(C)cc1CNc1cc(C(=O)O)ccc1OC. The van der Waals surface area contributed by atoms with Crippen LogP contribution in [-0.2, 0) is 20.0 Å². The number of carboxylic acid groups (broad SMARTS) is 1. The molecular weight excluding hydrogens is 270 g/mol. The van der Waals surface area contributed by atoms with Gasteiger partial charge in [0.15, 0.2) is 0 Å². The molecular formula is C15H19N3O3. The van der Waals surface area contributed by atoms with E-state index in [2.05, 4.69) is 17.3 Å². The van der Waals surface area contributed by atoms with Crippen LogP contribution in [0.4, 0.5) is 5.69 Å². The van der Waals surface area contributed by atoms with Gasteiger partial charge < -0.3 is 15.2 Å². The van der Waals surface area contributed by atoms with E-state index in [1.54, 1.807) is 23.9 Å². The number of rotatable bonds is 6. The van der Waals surface area contributed by atoms with Gasteiger partial charge >= 0.3 is 5.97 Å². The summed E-state index contributed by atoms with van der Waals surface area (Å²) < 4.78 is 7.03. The van der Waals surface area contributed by atoms with Gasteiger partial charge in [0.25, 0.3) is 0 Å². The van der Waals surface area contributed by atoms with Crippen molar-refractivity contribution < 1.29 is 14.6 Å². The van der Waals surface area contributed by atoms with E-state index < -0.39 is 5.97 Å². The van der Waals surface area contributed by atoms with E-state index in [1.807, 2.05) is 13.2 Å². The van der Waals surface area contributed by atoms with Gasteiger partial charge in [0.1, 0.15) is 5.75 Å². The lowest BCUT2D eigenvalue weighted by atomic mass is 10.1. The van der Waals surface area contributed by atoms with Crippen LogP contribution in [0.2, 0.25) is 0 Å². The van der Waals surface area contributed by atoms with Crippen LogP contribution in [0, 0.1) is 0 Å². The number of aryl methyl sites for hydroxylation is 2.